The van der Waals surface area contributed by atoms with Gasteiger partial charge in [-0.1, -0.05) is 23.7 Å². The minimum atomic E-state index is -0.180. The highest BCUT2D eigenvalue weighted by atomic mass is 79.9. The average Bonchev–Trinajstić information content (AvgIpc) is 2.95. The predicted molar refractivity (Wildman–Crippen MR) is 86.6 cm³/mol. The molecule has 2 heterocycles. The third kappa shape index (κ3) is 2.12. The number of halogens is 3. The Morgan fingerprint density at radius 3 is 2.72 bits per heavy atom. The Hall–Kier alpha value is -0.0600. The van der Waals surface area contributed by atoms with Gasteiger partial charge in [-0.05, 0) is 49.8 Å². The van der Waals surface area contributed by atoms with Gasteiger partial charge >= 0.3 is 0 Å². The zero-order valence-electron chi connectivity index (χ0n) is 8.99. The first-order chi connectivity index (χ1) is 8.68. The van der Waals surface area contributed by atoms with Gasteiger partial charge in [0.15, 0.2) is 0 Å². The van der Waals surface area contributed by atoms with Crippen molar-refractivity contribution < 1.29 is 0 Å². The highest BCUT2D eigenvalue weighted by molar-refractivity contribution is 9.10. The molecule has 0 radical (unpaired) electrons. The molecule has 92 valence electrons. The average molecular weight is 378 g/mol. The molecule has 5 heteroatoms. The summed E-state index contributed by atoms with van der Waals surface area (Å²) < 4.78 is 2.34. The number of alkyl halides is 1. The van der Waals surface area contributed by atoms with Crippen molar-refractivity contribution in [1.82, 2.24) is 0 Å². The first kappa shape index (κ1) is 12.9. The van der Waals surface area contributed by atoms with Gasteiger partial charge in [0.05, 0.1) is 10.4 Å². The highest BCUT2D eigenvalue weighted by Crippen LogP contribution is 2.43. The van der Waals surface area contributed by atoms with E-state index in [2.05, 4.69) is 27.4 Å². The molecular formula is C13H7BrCl2S2. The van der Waals surface area contributed by atoms with Gasteiger partial charge in [-0.15, -0.1) is 34.3 Å². The lowest BCUT2D eigenvalue weighted by atomic mass is 10.1. The summed E-state index contributed by atoms with van der Waals surface area (Å²) in [5.74, 6) is 0. The molecule has 0 spiro atoms. The molecule has 0 fully saturated rings. The topological polar surface area (TPSA) is 0 Å². The zero-order chi connectivity index (χ0) is 12.7. The van der Waals surface area contributed by atoms with Gasteiger partial charge < -0.3 is 0 Å². The van der Waals surface area contributed by atoms with Crippen LogP contribution < -0.4 is 0 Å². The first-order valence-electron chi connectivity index (χ1n) is 5.21. The van der Waals surface area contributed by atoms with Gasteiger partial charge in [0, 0.05) is 14.0 Å². The lowest BCUT2D eigenvalue weighted by Gasteiger charge is -2.07. The Balaban J connectivity index is 2.16. The molecule has 0 bridgehead atoms. The van der Waals surface area contributed by atoms with Crippen LogP contribution in [-0.2, 0) is 0 Å². The van der Waals surface area contributed by atoms with Crippen molar-refractivity contribution >= 4 is 71.9 Å². The largest absolute Gasteiger partial charge is 0.145 e. The fourth-order valence-electron chi connectivity index (χ4n) is 1.87. The summed E-state index contributed by atoms with van der Waals surface area (Å²) in [6.45, 7) is 0. The summed E-state index contributed by atoms with van der Waals surface area (Å²) in [7, 11) is 0. The van der Waals surface area contributed by atoms with Crippen LogP contribution in [0.1, 0.15) is 15.8 Å². The molecule has 2 aromatic heterocycles. The van der Waals surface area contributed by atoms with E-state index < -0.39 is 0 Å². The second-order valence-corrected chi connectivity index (χ2v) is 7.33. The van der Waals surface area contributed by atoms with Crippen molar-refractivity contribution in [3.05, 3.63) is 55.0 Å². The van der Waals surface area contributed by atoms with E-state index in [4.69, 9.17) is 23.2 Å². The Labute approximate surface area is 131 Å². The van der Waals surface area contributed by atoms with E-state index in [9.17, 15) is 0 Å². The van der Waals surface area contributed by atoms with Gasteiger partial charge in [0.25, 0.3) is 0 Å². The number of hydrogen-bond donors (Lipinski definition) is 0. The second kappa shape index (κ2) is 5.14. The monoisotopic (exact) mass is 376 g/mol. The van der Waals surface area contributed by atoms with E-state index in [0.29, 0.717) is 0 Å². The van der Waals surface area contributed by atoms with E-state index in [1.54, 1.807) is 22.7 Å². The fraction of sp³-hybridized carbons (Fsp3) is 0.0769. The SMILES string of the molecule is Clc1ccsc1C(Cl)c1csc2c(Br)cccc12. The molecule has 18 heavy (non-hydrogen) atoms. The molecule has 3 aromatic rings. The van der Waals surface area contributed by atoms with Crippen LogP contribution in [0.5, 0.6) is 0 Å². The minimum Gasteiger partial charge on any atom is -0.145 e. The van der Waals surface area contributed by atoms with Crippen molar-refractivity contribution in [1.29, 1.82) is 0 Å². The third-order valence-electron chi connectivity index (χ3n) is 2.73. The van der Waals surface area contributed by atoms with Crippen LogP contribution in [0.4, 0.5) is 0 Å². The number of thiophene rings is 2. The molecule has 0 saturated carbocycles. The summed E-state index contributed by atoms with van der Waals surface area (Å²) in [4.78, 5) is 1.01. The number of rotatable bonds is 2. The lowest BCUT2D eigenvalue weighted by Crippen LogP contribution is -1.89. The van der Waals surface area contributed by atoms with Crippen LogP contribution >= 0.6 is 61.8 Å². The van der Waals surface area contributed by atoms with E-state index >= 15 is 0 Å². The maximum atomic E-state index is 6.57. The first-order valence-corrected chi connectivity index (χ1v) is 8.57. The zero-order valence-corrected chi connectivity index (χ0v) is 13.7. The van der Waals surface area contributed by atoms with E-state index in [0.717, 1.165) is 19.9 Å². The van der Waals surface area contributed by atoms with Crippen LogP contribution in [0.3, 0.4) is 0 Å². The van der Waals surface area contributed by atoms with Crippen molar-refractivity contribution in [2.45, 2.75) is 5.38 Å². The molecular weight excluding hydrogens is 371 g/mol. The standard InChI is InChI=1S/C13H7BrCl2S2/c14-9-3-1-2-7-8(6-18-12(7)9)11(16)13-10(15)4-5-17-13/h1-6,11H. The van der Waals surface area contributed by atoms with Crippen LogP contribution in [0.15, 0.2) is 39.5 Å². The van der Waals surface area contributed by atoms with E-state index in [-0.39, 0.29) is 5.38 Å². The van der Waals surface area contributed by atoms with Crippen LogP contribution in [0.2, 0.25) is 5.02 Å². The number of fused-ring (bicyclic) bond motifs is 1. The molecule has 0 N–H and O–H groups in total. The predicted octanol–water partition coefficient (Wildman–Crippen LogP) is 6.71. The molecule has 3 rings (SSSR count). The van der Waals surface area contributed by atoms with Crippen LogP contribution in [0, 0.1) is 0 Å². The van der Waals surface area contributed by atoms with Crippen molar-refractivity contribution in [3.63, 3.8) is 0 Å². The lowest BCUT2D eigenvalue weighted by molar-refractivity contribution is 1.22. The van der Waals surface area contributed by atoms with Gasteiger partial charge in [-0.3, -0.25) is 0 Å². The van der Waals surface area contributed by atoms with Gasteiger partial charge in [-0.25, -0.2) is 0 Å². The molecule has 0 aliphatic heterocycles. The molecule has 1 unspecified atom stereocenters. The van der Waals surface area contributed by atoms with Crippen molar-refractivity contribution in [2.75, 3.05) is 0 Å². The maximum Gasteiger partial charge on any atom is 0.0956 e. The maximum absolute atomic E-state index is 6.57. The summed E-state index contributed by atoms with van der Waals surface area (Å²) >= 11 is 19.6. The van der Waals surface area contributed by atoms with Gasteiger partial charge in [-0.2, -0.15) is 0 Å². The molecule has 0 nitrogen and oxygen atoms in total. The summed E-state index contributed by atoms with van der Waals surface area (Å²) in [5.41, 5.74) is 1.13. The molecule has 0 aliphatic carbocycles. The Morgan fingerprint density at radius 1 is 1.17 bits per heavy atom. The fourth-order valence-corrected chi connectivity index (χ4v) is 5.25. The Kier molecular flexibility index (Phi) is 3.70. The normalized spacial score (nSPS) is 13.1. The van der Waals surface area contributed by atoms with Crippen LogP contribution in [-0.4, -0.2) is 0 Å². The van der Waals surface area contributed by atoms with Gasteiger partial charge in [0.1, 0.15) is 0 Å². The third-order valence-corrected chi connectivity index (χ3v) is 6.71. The second-order valence-electron chi connectivity index (χ2n) is 3.80. The molecule has 0 amide bonds. The van der Waals surface area contributed by atoms with E-state index in [1.807, 2.05) is 23.6 Å². The summed E-state index contributed by atoms with van der Waals surface area (Å²) in [6, 6.07) is 8.07. The molecule has 0 aliphatic rings. The molecule has 1 atom stereocenters. The summed E-state index contributed by atoms with van der Waals surface area (Å²) in [6.07, 6.45) is 0. The Bertz CT molecular complexity index is 702. The smallest absolute Gasteiger partial charge is 0.0956 e. The summed E-state index contributed by atoms with van der Waals surface area (Å²) in [5, 5.41) is 5.84. The highest BCUT2D eigenvalue weighted by Gasteiger charge is 2.19. The quantitative estimate of drug-likeness (QED) is 0.435. The Morgan fingerprint density at radius 2 is 2.00 bits per heavy atom. The van der Waals surface area contributed by atoms with Crippen molar-refractivity contribution in [3.8, 4) is 0 Å². The number of hydrogen-bond acceptors (Lipinski definition) is 2. The van der Waals surface area contributed by atoms with Crippen molar-refractivity contribution in [2.24, 2.45) is 0 Å². The van der Waals surface area contributed by atoms with Crippen LogP contribution in [0.25, 0.3) is 10.1 Å². The molecule has 0 saturated heterocycles. The minimum absolute atomic E-state index is 0.180. The number of benzene rings is 1. The van der Waals surface area contributed by atoms with Gasteiger partial charge in [0.2, 0.25) is 0 Å². The molecule has 1 aromatic carbocycles. The van der Waals surface area contributed by atoms with E-state index in [1.165, 1.54) is 10.1 Å².